The average molecular weight is 272 g/mol. The standard InChI is InChI=1S/C8H10ClNO3S.ClH/c1-4(2)12-8(11)13-7-6(10)5(9)3-14-7;/h3-4H,10H2,1-2H3;1H. The smallest absolute Gasteiger partial charge is 0.431 e. The summed E-state index contributed by atoms with van der Waals surface area (Å²) in [5, 5.41) is 2.23. The molecule has 1 heterocycles. The first-order valence-electron chi connectivity index (χ1n) is 3.91. The Morgan fingerprint density at radius 2 is 2.20 bits per heavy atom. The molecular weight excluding hydrogens is 261 g/mol. The second-order valence-corrected chi connectivity index (χ2v) is 4.05. The van der Waals surface area contributed by atoms with E-state index in [1.165, 1.54) is 0 Å². The Morgan fingerprint density at radius 1 is 1.60 bits per heavy atom. The zero-order chi connectivity index (χ0) is 10.7. The van der Waals surface area contributed by atoms with Gasteiger partial charge in [0.05, 0.1) is 11.1 Å². The predicted molar refractivity (Wildman–Crippen MR) is 63.2 cm³/mol. The van der Waals surface area contributed by atoms with Crippen LogP contribution in [-0.2, 0) is 4.74 Å². The van der Waals surface area contributed by atoms with Gasteiger partial charge in [-0.1, -0.05) is 11.6 Å². The molecule has 0 bridgehead atoms. The van der Waals surface area contributed by atoms with Crippen LogP contribution < -0.4 is 10.5 Å². The summed E-state index contributed by atoms with van der Waals surface area (Å²) < 4.78 is 9.59. The fraction of sp³-hybridized carbons (Fsp3) is 0.375. The molecule has 0 radical (unpaired) electrons. The van der Waals surface area contributed by atoms with Crippen molar-refractivity contribution in [3.8, 4) is 5.06 Å². The number of rotatable bonds is 2. The van der Waals surface area contributed by atoms with Crippen LogP contribution in [0.2, 0.25) is 5.02 Å². The molecule has 1 rings (SSSR count). The van der Waals surface area contributed by atoms with Crippen molar-refractivity contribution in [1.82, 2.24) is 0 Å². The van der Waals surface area contributed by atoms with Gasteiger partial charge in [0, 0.05) is 5.38 Å². The quantitative estimate of drug-likeness (QED) is 0.839. The molecule has 0 saturated carbocycles. The van der Waals surface area contributed by atoms with Crippen molar-refractivity contribution in [3.63, 3.8) is 0 Å². The number of anilines is 1. The lowest BCUT2D eigenvalue weighted by Crippen LogP contribution is -2.15. The highest BCUT2D eigenvalue weighted by atomic mass is 35.5. The monoisotopic (exact) mass is 271 g/mol. The Labute approximate surface area is 103 Å². The first-order chi connectivity index (χ1) is 6.50. The van der Waals surface area contributed by atoms with E-state index in [4.69, 9.17) is 26.8 Å². The predicted octanol–water partition coefficient (Wildman–Crippen LogP) is 3.33. The minimum absolute atomic E-state index is 0. The molecule has 2 N–H and O–H groups in total. The molecule has 15 heavy (non-hydrogen) atoms. The Hall–Kier alpha value is -0.650. The summed E-state index contributed by atoms with van der Waals surface area (Å²) in [6, 6.07) is 0. The largest absolute Gasteiger partial charge is 0.514 e. The van der Waals surface area contributed by atoms with Crippen molar-refractivity contribution in [1.29, 1.82) is 0 Å². The molecule has 1 aromatic heterocycles. The number of ether oxygens (including phenoxy) is 2. The summed E-state index contributed by atoms with van der Waals surface area (Å²) in [5.41, 5.74) is 5.79. The van der Waals surface area contributed by atoms with Crippen molar-refractivity contribution in [2.24, 2.45) is 0 Å². The van der Waals surface area contributed by atoms with E-state index in [1.54, 1.807) is 19.2 Å². The van der Waals surface area contributed by atoms with Gasteiger partial charge in [0.25, 0.3) is 0 Å². The normalized spacial score (nSPS) is 9.60. The SMILES string of the molecule is CC(C)OC(=O)Oc1scc(Cl)c1N.Cl. The van der Waals surface area contributed by atoms with Gasteiger partial charge in [0.1, 0.15) is 5.69 Å². The van der Waals surface area contributed by atoms with Crippen LogP contribution in [0.5, 0.6) is 5.06 Å². The van der Waals surface area contributed by atoms with E-state index < -0.39 is 6.16 Å². The van der Waals surface area contributed by atoms with E-state index in [9.17, 15) is 4.79 Å². The van der Waals surface area contributed by atoms with Gasteiger partial charge in [-0.05, 0) is 13.8 Å². The maximum atomic E-state index is 11.0. The fourth-order valence-electron chi connectivity index (χ4n) is 0.701. The summed E-state index contributed by atoms with van der Waals surface area (Å²) in [5.74, 6) is 0. The Bertz CT molecular complexity index is 341. The summed E-state index contributed by atoms with van der Waals surface area (Å²) in [4.78, 5) is 11.0. The van der Waals surface area contributed by atoms with Crippen molar-refractivity contribution in [2.45, 2.75) is 20.0 Å². The average Bonchev–Trinajstić information content (AvgIpc) is 2.34. The van der Waals surface area contributed by atoms with Crippen LogP contribution in [0.4, 0.5) is 10.5 Å². The summed E-state index contributed by atoms with van der Waals surface area (Å²) >= 11 is 6.82. The van der Waals surface area contributed by atoms with Crippen LogP contribution in [0.15, 0.2) is 5.38 Å². The summed E-state index contributed by atoms with van der Waals surface area (Å²) in [7, 11) is 0. The Kier molecular flexibility index (Phi) is 5.79. The molecule has 0 amide bonds. The third kappa shape index (κ3) is 4.15. The third-order valence-corrected chi connectivity index (χ3v) is 2.57. The van der Waals surface area contributed by atoms with Crippen LogP contribution in [0, 0.1) is 0 Å². The maximum absolute atomic E-state index is 11.0. The number of thiophene rings is 1. The molecule has 0 atom stereocenters. The van der Waals surface area contributed by atoms with E-state index in [-0.39, 0.29) is 29.3 Å². The van der Waals surface area contributed by atoms with Gasteiger partial charge < -0.3 is 15.2 Å². The maximum Gasteiger partial charge on any atom is 0.514 e. The molecule has 1 aromatic rings. The highest BCUT2D eigenvalue weighted by Crippen LogP contribution is 2.36. The number of hydrogen-bond acceptors (Lipinski definition) is 5. The first-order valence-corrected chi connectivity index (χ1v) is 5.17. The molecule has 0 aliphatic heterocycles. The van der Waals surface area contributed by atoms with Gasteiger partial charge in [0.15, 0.2) is 0 Å². The number of carbonyl (C=O) groups excluding carboxylic acids is 1. The molecular formula is C8H11Cl2NO3S. The number of nitrogens with two attached hydrogens (primary N) is 1. The molecule has 7 heteroatoms. The van der Waals surface area contributed by atoms with Crippen molar-refractivity contribution >= 4 is 47.2 Å². The van der Waals surface area contributed by atoms with Crippen molar-refractivity contribution in [3.05, 3.63) is 10.4 Å². The van der Waals surface area contributed by atoms with E-state index in [2.05, 4.69) is 0 Å². The second-order valence-electron chi connectivity index (χ2n) is 2.80. The minimum atomic E-state index is -0.773. The Morgan fingerprint density at radius 3 is 2.60 bits per heavy atom. The van der Waals surface area contributed by atoms with Gasteiger partial charge in [-0.2, -0.15) is 0 Å². The van der Waals surface area contributed by atoms with E-state index in [0.717, 1.165) is 11.3 Å². The Balaban J connectivity index is 0.00000196. The number of carbonyl (C=O) groups is 1. The van der Waals surface area contributed by atoms with Crippen LogP contribution in [-0.4, -0.2) is 12.3 Å². The van der Waals surface area contributed by atoms with Gasteiger partial charge in [-0.15, -0.1) is 23.7 Å². The molecule has 0 saturated heterocycles. The molecule has 86 valence electrons. The van der Waals surface area contributed by atoms with Gasteiger partial charge in [0.2, 0.25) is 5.06 Å². The van der Waals surface area contributed by atoms with Crippen molar-refractivity contribution < 1.29 is 14.3 Å². The van der Waals surface area contributed by atoms with Gasteiger partial charge in [-0.25, -0.2) is 4.79 Å². The highest BCUT2D eigenvalue weighted by molar-refractivity contribution is 7.13. The van der Waals surface area contributed by atoms with Gasteiger partial charge in [-0.3, -0.25) is 0 Å². The minimum Gasteiger partial charge on any atom is -0.431 e. The molecule has 0 spiro atoms. The van der Waals surface area contributed by atoms with Crippen LogP contribution in [0.25, 0.3) is 0 Å². The lowest BCUT2D eigenvalue weighted by molar-refractivity contribution is 0.0742. The zero-order valence-electron chi connectivity index (χ0n) is 8.15. The van der Waals surface area contributed by atoms with Crippen LogP contribution in [0.3, 0.4) is 0 Å². The van der Waals surface area contributed by atoms with Crippen LogP contribution >= 0.6 is 35.3 Å². The molecule has 0 unspecified atom stereocenters. The van der Waals surface area contributed by atoms with Crippen molar-refractivity contribution in [2.75, 3.05) is 5.73 Å². The lowest BCUT2D eigenvalue weighted by Gasteiger charge is -2.07. The van der Waals surface area contributed by atoms with E-state index in [1.807, 2.05) is 0 Å². The summed E-state index contributed by atoms with van der Waals surface area (Å²) in [6.07, 6.45) is -0.996. The van der Waals surface area contributed by atoms with Crippen LogP contribution in [0.1, 0.15) is 13.8 Å². The zero-order valence-corrected chi connectivity index (χ0v) is 10.5. The molecule has 0 fully saturated rings. The van der Waals surface area contributed by atoms with E-state index in [0.29, 0.717) is 5.02 Å². The van der Waals surface area contributed by atoms with E-state index >= 15 is 0 Å². The molecule has 0 aliphatic carbocycles. The topological polar surface area (TPSA) is 61.5 Å². The van der Waals surface area contributed by atoms with Gasteiger partial charge >= 0.3 is 6.16 Å². The molecule has 0 aromatic carbocycles. The third-order valence-electron chi connectivity index (χ3n) is 1.25. The first kappa shape index (κ1) is 14.3. The molecule has 4 nitrogen and oxygen atoms in total. The summed E-state index contributed by atoms with van der Waals surface area (Å²) in [6.45, 7) is 3.46. The molecule has 0 aliphatic rings. The number of halogens is 2. The second kappa shape index (κ2) is 6.05. The number of hydrogen-bond donors (Lipinski definition) is 1. The fourth-order valence-corrected chi connectivity index (χ4v) is 1.67. The highest BCUT2D eigenvalue weighted by Gasteiger charge is 2.14. The lowest BCUT2D eigenvalue weighted by atomic mass is 10.5. The number of nitrogen functional groups attached to an aromatic ring is 1.